The van der Waals surface area contributed by atoms with Crippen LogP contribution in [-0.4, -0.2) is 37.8 Å². The van der Waals surface area contributed by atoms with E-state index >= 15 is 0 Å². The lowest BCUT2D eigenvalue weighted by atomic mass is 9.81. The minimum absolute atomic E-state index is 0.000690. The molecule has 1 amide bonds. The number of thiophene rings is 1. The van der Waals surface area contributed by atoms with Gasteiger partial charge >= 0.3 is 5.97 Å². The number of carboxylic acids is 1. The second kappa shape index (κ2) is 12.3. The summed E-state index contributed by atoms with van der Waals surface area (Å²) in [6, 6.07) is 1.86. The van der Waals surface area contributed by atoms with E-state index in [9.17, 15) is 14.7 Å². The Balaban J connectivity index is 1.61. The SMILES string of the molecule is CCn1ccnc1SC1CCC(N(C(=O)C2CCC(C)CC2)c2cc(C#CC(C)(C)C)sc2C(=O)O)CC1. The van der Waals surface area contributed by atoms with Crippen LogP contribution in [0.4, 0.5) is 5.69 Å². The number of imidazole rings is 1. The highest BCUT2D eigenvalue weighted by molar-refractivity contribution is 7.99. The Morgan fingerprint density at radius 1 is 1.16 bits per heavy atom. The largest absolute Gasteiger partial charge is 0.477 e. The quantitative estimate of drug-likeness (QED) is 0.362. The van der Waals surface area contributed by atoms with Crippen LogP contribution in [0.2, 0.25) is 0 Å². The molecule has 2 aromatic heterocycles. The summed E-state index contributed by atoms with van der Waals surface area (Å²) in [5.74, 6) is 6.12. The van der Waals surface area contributed by atoms with Crippen LogP contribution >= 0.6 is 23.1 Å². The maximum atomic E-state index is 14.1. The molecule has 38 heavy (non-hydrogen) atoms. The normalized spacial score (nSPS) is 23.9. The molecule has 2 saturated carbocycles. The zero-order valence-electron chi connectivity index (χ0n) is 23.3. The van der Waals surface area contributed by atoms with Gasteiger partial charge in [-0.1, -0.05) is 30.5 Å². The minimum Gasteiger partial charge on any atom is -0.477 e. The molecule has 0 saturated heterocycles. The number of carbonyl (C=O) groups is 2. The second-order valence-corrected chi connectivity index (χ2v) is 14.2. The van der Waals surface area contributed by atoms with Gasteiger partial charge in [0.2, 0.25) is 5.91 Å². The van der Waals surface area contributed by atoms with E-state index in [1.165, 1.54) is 11.3 Å². The molecule has 0 atom stereocenters. The molecule has 0 aliphatic heterocycles. The lowest BCUT2D eigenvalue weighted by Crippen LogP contribution is -2.46. The molecule has 4 rings (SSSR count). The highest BCUT2D eigenvalue weighted by atomic mass is 32.2. The van der Waals surface area contributed by atoms with Gasteiger partial charge in [0.25, 0.3) is 0 Å². The maximum absolute atomic E-state index is 14.1. The molecule has 206 valence electrons. The first-order chi connectivity index (χ1) is 18.1. The molecule has 0 spiro atoms. The van der Waals surface area contributed by atoms with E-state index in [0.29, 0.717) is 21.7 Å². The highest BCUT2D eigenvalue weighted by Crippen LogP contribution is 2.41. The fourth-order valence-electron chi connectivity index (χ4n) is 5.45. The van der Waals surface area contributed by atoms with Crippen LogP contribution in [-0.2, 0) is 11.3 Å². The van der Waals surface area contributed by atoms with Crippen molar-refractivity contribution in [3.63, 3.8) is 0 Å². The summed E-state index contributed by atoms with van der Waals surface area (Å²) in [7, 11) is 0. The van der Waals surface area contributed by atoms with Crippen LogP contribution < -0.4 is 4.90 Å². The number of nitrogens with zero attached hydrogens (tertiary/aromatic N) is 3. The average molecular weight is 556 g/mol. The van der Waals surface area contributed by atoms with E-state index < -0.39 is 5.97 Å². The van der Waals surface area contributed by atoms with Crippen molar-refractivity contribution in [2.75, 3.05) is 4.90 Å². The molecule has 0 aromatic carbocycles. The molecular weight excluding hydrogens is 514 g/mol. The average Bonchev–Trinajstić information content (AvgIpc) is 3.51. The van der Waals surface area contributed by atoms with Crippen LogP contribution in [0, 0.1) is 29.1 Å². The molecule has 1 N–H and O–H groups in total. The second-order valence-electron chi connectivity index (χ2n) is 11.8. The van der Waals surface area contributed by atoms with Gasteiger partial charge in [0.15, 0.2) is 5.16 Å². The number of rotatable bonds is 7. The molecule has 0 radical (unpaired) electrons. The number of aryl methyl sites for hydroxylation is 1. The smallest absolute Gasteiger partial charge is 0.348 e. The Bertz CT molecular complexity index is 1180. The molecule has 6 nitrogen and oxygen atoms in total. The molecule has 2 aliphatic rings. The van der Waals surface area contributed by atoms with Crippen LogP contribution in [0.25, 0.3) is 0 Å². The van der Waals surface area contributed by atoms with Gasteiger partial charge < -0.3 is 14.6 Å². The Kier molecular flexibility index (Phi) is 9.31. The van der Waals surface area contributed by atoms with Gasteiger partial charge in [0, 0.05) is 41.6 Å². The highest BCUT2D eigenvalue weighted by Gasteiger charge is 2.37. The number of carboxylic acid groups (broad SMARTS) is 1. The predicted molar refractivity (Wildman–Crippen MR) is 156 cm³/mol. The molecular formula is C30H41N3O3S2. The minimum atomic E-state index is -0.987. The number of hydrogen-bond acceptors (Lipinski definition) is 5. The predicted octanol–water partition coefficient (Wildman–Crippen LogP) is 7.32. The number of aromatic nitrogens is 2. The third kappa shape index (κ3) is 7.04. The standard InChI is InChI=1S/C30H41N3O3S2/c1-6-32-18-17-31-29(32)38-23-13-11-22(12-14-23)33(27(34)21-9-7-20(2)8-10-21)25-19-24(15-16-30(3,4)5)37-26(25)28(35)36/h17-23H,6-14H2,1-5H3,(H,35,36). The van der Waals surface area contributed by atoms with Crippen molar-refractivity contribution in [2.24, 2.45) is 17.3 Å². The molecule has 2 aromatic rings. The van der Waals surface area contributed by atoms with Gasteiger partial charge in [0.05, 0.1) is 10.6 Å². The van der Waals surface area contributed by atoms with E-state index in [0.717, 1.165) is 63.1 Å². The molecule has 0 unspecified atom stereocenters. The number of aromatic carboxylic acids is 1. The summed E-state index contributed by atoms with van der Waals surface area (Å²) < 4.78 is 2.17. The molecule has 2 heterocycles. The first-order valence-corrected chi connectivity index (χ1v) is 15.7. The fourth-order valence-corrected chi connectivity index (χ4v) is 7.54. The Morgan fingerprint density at radius 2 is 1.84 bits per heavy atom. The molecule has 2 aliphatic carbocycles. The third-order valence-corrected chi connectivity index (χ3v) is 10.0. The van der Waals surface area contributed by atoms with Gasteiger partial charge in [-0.2, -0.15) is 0 Å². The van der Waals surface area contributed by atoms with Gasteiger partial charge in [-0.05, 0) is 91.0 Å². The number of amides is 1. The summed E-state index contributed by atoms with van der Waals surface area (Å²) >= 11 is 3.02. The van der Waals surface area contributed by atoms with Gasteiger partial charge in [0.1, 0.15) is 4.88 Å². The summed E-state index contributed by atoms with van der Waals surface area (Å²) in [6.07, 6.45) is 11.4. The van der Waals surface area contributed by atoms with Crippen LogP contribution in [0.5, 0.6) is 0 Å². The number of anilines is 1. The molecule has 2 fully saturated rings. The zero-order chi connectivity index (χ0) is 27.4. The molecule has 8 heteroatoms. The van der Waals surface area contributed by atoms with E-state index in [1.54, 1.807) is 0 Å². The summed E-state index contributed by atoms with van der Waals surface area (Å²) in [5.41, 5.74) is 0.353. The van der Waals surface area contributed by atoms with Crippen molar-refractivity contribution in [3.8, 4) is 11.8 Å². The fraction of sp³-hybridized carbons (Fsp3) is 0.633. The summed E-state index contributed by atoms with van der Waals surface area (Å²) in [4.78, 5) is 33.8. The van der Waals surface area contributed by atoms with Crippen molar-refractivity contribution in [2.45, 2.75) is 109 Å². The lowest BCUT2D eigenvalue weighted by Gasteiger charge is -2.39. The third-order valence-electron chi connectivity index (χ3n) is 7.63. The first-order valence-electron chi connectivity index (χ1n) is 14.0. The Morgan fingerprint density at radius 3 is 2.45 bits per heavy atom. The van der Waals surface area contributed by atoms with Gasteiger partial charge in [-0.25, -0.2) is 9.78 Å². The number of thioether (sulfide) groups is 1. The topological polar surface area (TPSA) is 75.4 Å². The number of hydrogen-bond donors (Lipinski definition) is 1. The van der Waals surface area contributed by atoms with Crippen molar-refractivity contribution in [3.05, 3.63) is 28.2 Å². The van der Waals surface area contributed by atoms with E-state index in [4.69, 9.17) is 0 Å². The first kappa shape index (κ1) is 28.8. The van der Waals surface area contributed by atoms with Gasteiger partial charge in [-0.3, -0.25) is 4.79 Å². The zero-order valence-corrected chi connectivity index (χ0v) is 25.0. The van der Waals surface area contributed by atoms with Crippen LogP contribution in [0.15, 0.2) is 23.6 Å². The van der Waals surface area contributed by atoms with Crippen LogP contribution in [0.3, 0.4) is 0 Å². The summed E-state index contributed by atoms with van der Waals surface area (Å²) in [6.45, 7) is 11.4. The van der Waals surface area contributed by atoms with E-state index in [-0.39, 0.29) is 28.2 Å². The number of carbonyl (C=O) groups excluding carboxylic acids is 1. The van der Waals surface area contributed by atoms with Crippen molar-refractivity contribution in [1.29, 1.82) is 0 Å². The van der Waals surface area contributed by atoms with E-state index in [1.807, 2.05) is 55.9 Å². The van der Waals surface area contributed by atoms with Crippen molar-refractivity contribution < 1.29 is 14.7 Å². The van der Waals surface area contributed by atoms with E-state index in [2.05, 4.69) is 35.2 Å². The summed E-state index contributed by atoms with van der Waals surface area (Å²) in [5, 5.41) is 11.6. The van der Waals surface area contributed by atoms with Crippen molar-refractivity contribution >= 4 is 40.7 Å². The lowest BCUT2D eigenvalue weighted by molar-refractivity contribution is -0.124. The van der Waals surface area contributed by atoms with Crippen molar-refractivity contribution in [1.82, 2.24) is 9.55 Å². The Labute approximate surface area is 235 Å². The monoisotopic (exact) mass is 555 g/mol. The Hall–Kier alpha value is -2.24. The van der Waals surface area contributed by atoms with Crippen LogP contribution in [0.1, 0.15) is 101 Å². The van der Waals surface area contributed by atoms with Gasteiger partial charge in [-0.15, -0.1) is 11.3 Å². The molecule has 0 bridgehead atoms. The maximum Gasteiger partial charge on any atom is 0.348 e.